The van der Waals surface area contributed by atoms with Crippen molar-refractivity contribution in [3.05, 3.63) is 42.1 Å². The highest BCUT2D eigenvalue weighted by Crippen LogP contribution is 2.10. The third-order valence-electron chi connectivity index (χ3n) is 2.49. The van der Waals surface area contributed by atoms with E-state index in [0.717, 1.165) is 5.56 Å². The van der Waals surface area contributed by atoms with Crippen LogP contribution in [0.4, 0.5) is 0 Å². The first kappa shape index (κ1) is 13.1. The molecule has 0 radical (unpaired) electrons. The molecule has 0 spiro atoms. The number of nitrogens with zero attached hydrogens (tertiary/aromatic N) is 3. The molecule has 0 amide bonds. The molecular weight excluding hydrogens is 246 g/mol. The predicted octanol–water partition coefficient (Wildman–Crippen LogP) is 1.51. The summed E-state index contributed by atoms with van der Waals surface area (Å²) >= 11 is 0. The van der Waals surface area contributed by atoms with E-state index in [0.29, 0.717) is 24.7 Å². The number of hydrogen-bond acceptors (Lipinski definition) is 5. The molecular formula is C13H15N3O3. The Balaban J connectivity index is 2.09. The van der Waals surface area contributed by atoms with E-state index < -0.39 is 5.97 Å². The van der Waals surface area contributed by atoms with Crippen molar-refractivity contribution < 1.29 is 14.3 Å². The Morgan fingerprint density at radius 1 is 1.42 bits per heavy atom. The number of aromatic nitrogens is 3. The van der Waals surface area contributed by atoms with E-state index in [2.05, 4.69) is 9.97 Å². The van der Waals surface area contributed by atoms with Gasteiger partial charge in [0.05, 0.1) is 20.0 Å². The lowest BCUT2D eigenvalue weighted by Gasteiger charge is -2.04. The fourth-order valence-electron chi connectivity index (χ4n) is 1.63. The van der Waals surface area contributed by atoms with Crippen molar-refractivity contribution >= 4 is 5.97 Å². The second-order valence-electron chi connectivity index (χ2n) is 3.86. The number of pyridine rings is 1. The summed E-state index contributed by atoms with van der Waals surface area (Å²) in [4.78, 5) is 19.5. The fourth-order valence-corrected chi connectivity index (χ4v) is 1.63. The normalized spacial score (nSPS) is 10.2. The number of hydrogen-bond donors (Lipinski definition) is 0. The number of ether oxygens (including phenoxy) is 2. The number of esters is 1. The van der Waals surface area contributed by atoms with Crippen molar-refractivity contribution in [1.82, 2.24) is 14.5 Å². The molecule has 0 fully saturated rings. The Bertz CT molecular complexity index is 566. The molecule has 0 bridgehead atoms. The Hall–Kier alpha value is -2.37. The smallest absolute Gasteiger partial charge is 0.358 e. The molecule has 6 nitrogen and oxygen atoms in total. The van der Waals surface area contributed by atoms with Crippen molar-refractivity contribution in [2.24, 2.45) is 0 Å². The van der Waals surface area contributed by atoms with Gasteiger partial charge in [-0.15, -0.1) is 0 Å². The van der Waals surface area contributed by atoms with Gasteiger partial charge < -0.3 is 14.0 Å². The van der Waals surface area contributed by atoms with Crippen molar-refractivity contribution in [3.8, 4) is 5.88 Å². The van der Waals surface area contributed by atoms with Crippen LogP contribution < -0.4 is 4.74 Å². The molecule has 2 heterocycles. The van der Waals surface area contributed by atoms with Gasteiger partial charge in [0, 0.05) is 25.0 Å². The topological polar surface area (TPSA) is 66.2 Å². The van der Waals surface area contributed by atoms with Gasteiger partial charge >= 0.3 is 5.97 Å². The number of rotatable bonds is 5. The van der Waals surface area contributed by atoms with Gasteiger partial charge in [0.2, 0.25) is 5.88 Å². The van der Waals surface area contributed by atoms with Crippen LogP contribution in [-0.4, -0.2) is 34.2 Å². The van der Waals surface area contributed by atoms with E-state index in [1.807, 2.05) is 12.1 Å². The van der Waals surface area contributed by atoms with E-state index in [9.17, 15) is 4.79 Å². The first-order chi connectivity index (χ1) is 9.22. The zero-order valence-electron chi connectivity index (χ0n) is 10.9. The predicted molar refractivity (Wildman–Crippen MR) is 68.1 cm³/mol. The fraction of sp³-hybridized carbons (Fsp3) is 0.308. The third kappa shape index (κ3) is 3.31. The molecule has 0 saturated heterocycles. The molecule has 0 atom stereocenters. The van der Waals surface area contributed by atoms with Gasteiger partial charge in [0.1, 0.15) is 0 Å². The molecule has 19 heavy (non-hydrogen) atoms. The van der Waals surface area contributed by atoms with Gasteiger partial charge in [0.25, 0.3) is 0 Å². The van der Waals surface area contributed by atoms with Gasteiger partial charge in [-0.2, -0.15) is 0 Å². The van der Waals surface area contributed by atoms with E-state index >= 15 is 0 Å². The summed E-state index contributed by atoms with van der Waals surface area (Å²) in [5.41, 5.74) is 1.32. The van der Waals surface area contributed by atoms with Crippen LogP contribution in [0.3, 0.4) is 0 Å². The SMILES string of the molecule is CCOC(=O)c1cn(Cc2ccnc(OC)c2)cn1. The summed E-state index contributed by atoms with van der Waals surface area (Å²) < 4.78 is 11.7. The van der Waals surface area contributed by atoms with Crippen LogP contribution in [0.1, 0.15) is 23.0 Å². The lowest BCUT2D eigenvalue weighted by Crippen LogP contribution is -2.05. The minimum absolute atomic E-state index is 0.308. The van der Waals surface area contributed by atoms with E-state index in [4.69, 9.17) is 9.47 Å². The quantitative estimate of drug-likeness (QED) is 0.763. The van der Waals surface area contributed by atoms with Crippen molar-refractivity contribution in [2.45, 2.75) is 13.5 Å². The molecule has 2 aromatic rings. The molecule has 0 aliphatic heterocycles. The summed E-state index contributed by atoms with van der Waals surface area (Å²) in [6, 6.07) is 3.72. The molecule has 0 saturated carbocycles. The van der Waals surface area contributed by atoms with Crippen LogP contribution in [-0.2, 0) is 11.3 Å². The number of carbonyl (C=O) groups is 1. The van der Waals surface area contributed by atoms with E-state index in [1.54, 1.807) is 37.3 Å². The minimum Gasteiger partial charge on any atom is -0.481 e. The van der Waals surface area contributed by atoms with Gasteiger partial charge in [-0.25, -0.2) is 14.8 Å². The Morgan fingerprint density at radius 3 is 3.00 bits per heavy atom. The highest BCUT2D eigenvalue weighted by atomic mass is 16.5. The first-order valence-electron chi connectivity index (χ1n) is 5.90. The summed E-state index contributed by atoms with van der Waals surface area (Å²) in [6.07, 6.45) is 4.93. The molecule has 0 aliphatic rings. The van der Waals surface area contributed by atoms with Gasteiger partial charge in [0.15, 0.2) is 5.69 Å². The molecule has 2 aromatic heterocycles. The van der Waals surface area contributed by atoms with Crippen molar-refractivity contribution in [3.63, 3.8) is 0 Å². The Morgan fingerprint density at radius 2 is 2.26 bits per heavy atom. The molecule has 0 aliphatic carbocycles. The maximum absolute atomic E-state index is 11.5. The summed E-state index contributed by atoms with van der Waals surface area (Å²) in [6.45, 7) is 2.69. The number of imidazole rings is 1. The lowest BCUT2D eigenvalue weighted by molar-refractivity contribution is 0.0520. The zero-order valence-corrected chi connectivity index (χ0v) is 10.9. The van der Waals surface area contributed by atoms with E-state index in [-0.39, 0.29) is 0 Å². The van der Waals surface area contributed by atoms with Crippen LogP contribution >= 0.6 is 0 Å². The largest absolute Gasteiger partial charge is 0.481 e. The highest BCUT2D eigenvalue weighted by Gasteiger charge is 2.10. The summed E-state index contributed by atoms with van der Waals surface area (Å²) in [5, 5.41) is 0. The third-order valence-corrected chi connectivity index (χ3v) is 2.49. The summed E-state index contributed by atoms with van der Waals surface area (Å²) in [7, 11) is 1.57. The second kappa shape index (κ2) is 5.99. The average molecular weight is 261 g/mol. The average Bonchev–Trinajstić information content (AvgIpc) is 2.88. The van der Waals surface area contributed by atoms with Crippen LogP contribution in [0.15, 0.2) is 30.9 Å². The van der Waals surface area contributed by atoms with Crippen LogP contribution in [0.25, 0.3) is 0 Å². The standard InChI is InChI=1S/C13H15N3O3/c1-3-19-13(17)11-8-16(9-15-11)7-10-4-5-14-12(6-10)18-2/h4-6,8-9H,3,7H2,1-2H3. The molecule has 0 unspecified atom stereocenters. The molecule has 100 valence electrons. The van der Waals surface area contributed by atoms with Crippen LogP contribution in [0.5, 0.6) is 5.88 Å². The van der Waals surface area contributed by atoms with Gasteiger partial charge in [-0.1, -0.05) is 0 Å². The maximum atomic E-state index is 11.5. The molecule has 0 N–H and O–H groups in total. The number of carbonyl (C=O) groups excluding carboxylic acids is 1. The molecule has 2 rings (SSSR count). The second-order valence-corrected chi connectivity index (χ2v) is 3.86. The highest BCUT2D eigenvalue weighted by molar-refractivity contribution is 5.86. The number of methoxy groups -OCH3 is 1. The van der Waals surface area contributed by atoms with Gasteiger partial charge in [-0.3, -0.25) is 0 Å². The minimum atomic E-state index is -0.409. The van der Waals surface area contributed by atoms with Gasteiger partial charge in [-0.05, 0) is 18.6 Å². The lowest BCUT2D eigenvalue weighted by atomic mass is 10.2. The monoisotopic (exact) mass is 261 g/mol. The first-order valence-corrected chi connectivity index (χ1v) is 5.90. The van der Waals surface area contributed by atoms with Crippen molar-refractivity contribution in [2.75, 3.05) is 13.7 Å². The van der Waals surface area contributed by atoms with Crippen LogP contribution in [0, 0.1) is 0 Å². The summed E-state index contributed by atoms with van der Waals surface area (Å²) in [5.74, 6) is 0.150. The van der Waals surface area contributed by atoms with Crippen molar-refractivity contribution in [1.29, 1.82) is 0 Å². The molecule has 6 heteroatoms. The maximum Gasteiger partial charge on any atom is 0.358 e. The molecule has 0 aromatic carbocycles. The van der Waals surface area contributed by atoms with E-state index in [1.165, 1.54) is 0 Å². The van der Waals surface area contributed by atoms with Crippen LogP contribution in [0.2, 0.25) is 0 Å². The Labute approximate surface area is 111 Å². The zero-order chi connectivity index (χ0) is 13.7. The Kier molecular flexibility index (Phi) is 4.12.